The highest BCUT2D eigenvalue weighted by Crippen LogP contribution is 2.28. The van der Waals surface area contributed by atoms with Crippen molar-refractivity contribution in [2.45, 2.75) is 19.1 Å². The van der Waals surface area contributed by atoms with Crippen molar-refractivity contribution in [2.24, 2.45) is 5.92 Å². The highest BCUT2D eigenvalue weighted by Gasteiger charge is 2.35. The zero-order valence-electron chi connectivity index (χ0n) is 13.1. The Labute approximate surface area is 143 Å². The third kappa shape index (κ3) is 3.72. The number of hydrogen-bond acceptors (Lipinski definition) is 5. The summed E-state index contributed by atoms with van der Waals surface area (Å²) in [5.74, 6) is 0.461. The van der Waals surface area contributed by atoms with Crippen LogP contribution in [0.2, 0.25) is 0 Å². The Morgan fingerprint density at radius 1 is 1.25 bits per heavy atom. The van der Waals surface area contributed by atoms with E-state index in [4.69, 9.17) is 0 Å². The summed E-state index contributed by atoms with van der Waals surface area (Å²) >= 11 is 0. The number of piperazine rings is 1. The first-order valence-electron chi connectivity index (χ1n) is 7.51. The zero-order valence-corrected chi connectivity index (χ0v) is 13.9. The number of carbonyl (C=O) groups excluding carboxylic acids is 1. The van der Waals surface area contributed by atoms with Crippen LogP contribution in [-0.2, 0) is 11.0 Å². The van der Waals surface area contributed by atoms with Crippen molar-refractivity contribution in [1.82, 2.24) is 20.2 Å². The van der Waals surface area contributed by atoms with Gasteiger partial charge in [-0.1, -0.05) is 0 Å². The van der Waals surface area contributed by atoms with E-state index in [1.54, 1.807) is 0 Å². The zero-order chi connectivity index (χ0) is 16.6. The summed E-state index contributed by atoms with van der Waals surface area (Å²) < 4.78 is 37.7. The second-order valence-electron chi connectivity index (χ2n) is 5.95. The fourth-order valence-corrected chi connectivity index (χ4v) is 2.79. The maximum atomic E-state index is 12.6. The highest BCUT2D eigenvalue weighted by atomic mass is 35.5. The Hall–Kier alpha value is -1.61. The van der Waals surface area contributed by atoms with E-state index in [9.17, 15) is 18.0 Å². The number of nitrogens with zero attached hydrogens (tertiary/aromatic N) is 4. The number of aromatic nitrogens is 2. The number of hydrogen-bond donors (Lipinski definition) is 1. The molecule has 1 atom stereocenters. The molecular weight excluding hydrogens is 347 g/mol. The van der Waals surface area contributed by atoms with Crippen molar-refractivity contribution in [3.8, 4) is 0 Å². The predicted molar refractivity (Wildman–Crippen MR) is 84.0 cm³/mol. The maximum absolute atomic E-state index is 12.6. The van der Waals surface area contributed by atoms with Gasteiger partial charge in [-0.25, -0.2) is 9.97 Å². The number of halogens is 4. The van der Waals surface area contributed by atoms with Gasteiger partial charge in [0.05, 0.1) is 11.5 Å². The van der Waals surface area contributed by atoms with Crippen molar-refractivity contribution in [3.05, 3.63) is 18.0 Å². The third-order valence-electron chi connectivity index (χ3n) is 4.29. The van der Waals surface area contributed by atoms with Crippen molar-refractivity contribution in [3.63, 3.8) is 0 Å². The highest BCUT2D eigenvalue weighted by molar-refractivity contribution is 5.85. The molecule has 0 bridgehead atoms. The van der Waals surface area contributed by atoms with Gasteiger partial charge in [0.15, 0.2) is 0 Å². The average molecular weight is 366 g/mol. The van der Waals surface area contributed by atoms with Crippen LogP contribution in [0.5, 0.6) is 0 Å². The summed E-state index contributed by atoms with van der Waals surface area (Å²) in [5, 5.41) is 3.07. The van der Waals surface area contributed by atoms with Gasteiger partial charge in [-0.3, -0.25) is 4.79 Å². The second-order valence-corrected chi connectivity index (χ2v) is 5.95. The third-order valence-corrected chi connectivity index (χ3v) is 4.29. The van der Waals surface area contributed by atoms with Gasteiger partial charge in [0, 0.05) is 51.2 Å². The minimum atomic E-state index is -4.44. The normalized spacial score (nSPS) is 21.9. The molecule has 2 fully saturated rings. The number of nitrogens with one attached hydrogen (secondary N) is 1. The fourth-order valence-electron chi connectivity index (χ4n) is 2.79. The summed E-state index contributed by atoms with van der Waals surface area (Å²) in [6.45, 7) is 4.92. The smallest absolute Gasteiger partial charge is 0.339 e. The van der Waals surface area contributed by atoms with E-state index in [0.29, 0.717) is 19.6 Å². The Bertz CT molecular complexity index is 579. The number of anilines is 1. The molecule has 1 N–H and O–H groups in total. The molecule has 3 heterocycles. The molecule has 134 valence electrons. The quantitative estimate of drug-likeness (QED) is 0.852. The van der Waals surface area contributed by atoms with Crippen LogP contribution < -0.4 is 10.2 Å². The number of carbonyl (C=O) groups is 1. The van der Waals surface area contributed by atoms with E-state index in [0.717, 1.165) is 25.5 Å². The molecule has 0 radical (unpaired) electrons. The summed E-state index contributed by atoms with van der Waals surface area (Å²) in [4.78, 5) is 23.6. The number of amides is 1. The van der Waals surface area contributed by atoms with Crippen LogP contribution in [0.25, 0.3) is 0 Å². The molecule has 2 saturated heterocycles. The van der Waals surface area contributed by atoms with Crippen LogP contribution in [0, 0.1) is 5.92 Å². The van der Waals surface area contributed by atoms with E-state index in [1.165, 1.54) is 0 Å². The predicted octanol–water partition coefficient (Wildman–Crippen LogP) is 1.17. The summed E-state index contributed by atoms with van der Waals surface area (Å²) in [5.41, 5.74) is -0.861. The van der Waals surface area contributed by atoms with E-state index in [2.05, 4.69) is 15.3 Å². The summed E-state index contributed by atoms with van der Waals surface area (Å²) in [6, 6.07) is -0.0440. The molecular formula is C14H19ClF3N5O. The minimum Gasteiger partial charge on any atom is -0.339 e. The van der Waals surface area contributed by atoms with Crippen LogP contribution >= 0.6 is 12.4 Å². The summed E-state index contributed by atoms with van der Waals surface area (Å²) in [6.07, 6.45) is -2.84. The van der Waals surface area contributed by atoms with Gasteiger partial charge in [0.1, 0.15) is 0 Å². The fraction of sp³-hybridized carbons (Fsp3) is 0.643. The molecule has 0 aliphatic carbocycles. The molecule has 6 nitrogen and oxygen atoms in total. The maximum Gasteiger partial charge on any atom is 0.419 e. The minimum absolute atomic E-state index is 0. The van der Waals surface area contributed by atoms with Crippen molar-refractivity contribution < 1.29 is 18.0 Å². The number of rotatable bonds is 2. The van der Waals surface area contributed by atoms with Gasteiger partial charge < -0.3 is 15.1 Å². The van der Waals surface area contributed by atoms with Gasteiger partial charge in [-0.15, -0.1) is 12.4 Å². The van der Waals surface area contributed by atoms with Gasteiger partial charge in [0.2, 0.25) is 11.9 Å². The lowest BCUT2D eigenvalue weighted by Crippen LogP contribution is -2.59. The standard InChI is InChI=1S/C14H18F3N5O.ClH/c1-9-8-21(12(23)10-4-18-5-10)2-3-22(9)13-19-6-11(7-20-13)14(15,16)17;/h6-7,9-10,18H,2-5,8H2,1H3;1H/t9-;/m0./s1. The first-order valence-corrected chi connectivity index (χ1v) is 7.51. The summed E-state index contributed by atoms with van der Waals surface area (Å²) in [7, 11) is 0. The van der Waals surface area contributed by atoms with Crippen LogP contribution in [0.3, 0.4) is 0 Å². The van der Waals surface area contributed by atoms with Crippen molar-refractivity contribution in [1.29, 1.82) is 0 Å². The lowest BCUT2D eigenvalue weighted by atomic mass is 10.0. The van der Waals surface area contributed by atoms with E-state index in [-0.39, 0.29) is 36.2 Å². The molecule has 1 aromatic rings. The van der Waals surface area contributed by atoms with Gasteiger partial charge >= 0.3 is 6.18 Å². The molecule has 0 spiro atoms. The average Bonchev–Trinajstić information content (AvgIpc) is 2.44. The SMILES string of the molecule is C[C@H]1CN(C(=O)C2CNC2)CCN1c1ncc(C(F)(F)F)cn1.Cl. The molecule has 2 aliphatic heterocycles. The first kappa shape index (κ1) is 18.7. The van der Waals surface area contributed by atoms with Crippen molar-refractivity contribution in [2.75, 3.05) is 37.6 Å². The van der Waals surface area contributed by atoms with Crippen LogP contribution in [-0.4, -0.2) is 59.5 Å². The van der Waals surface area contributed by atoms with E-state index >= 15 is 0 Å². The largest absolute Gasteiger partial charge is 0.419 e. The molecule has 1 aromatic heterocycles. The Kier molecular flexibility index (Phi) is 5.54. The van der Waals surface area contributed by atoms with Crippen LogP contribution in [0.15, 0.2) is 12.4 Å². The van der Waals surface area contributed by atoms with Gasteiger partial charge in [-0.2, -0.15) is 13.2 Å². The molecule has 0 saturated carbocycles. The van der Waals surface area contributed by atoms with E-state index < -0.39 is 11.7 Å². The van der Waals surface area contributed by atoms with E-state index in [1.807, 2.05) is 16.7 Å². The molecule has 0 aromatic carbocycles. The first-order chi connectivity index (χ1) is 10.9. The lowest BCUT2D eigenvalue weighted by Gasteiger charge is -2.42. The molecule has 24 heavy (non-hydrogen) atoms. The lowest BCUT2D eigenvalue weighted by molar-refractivity contribution is -0.139. The Morgan fingerprint density at radius 3 is 2.33 bits per heavy atom. The molecule has 2 aliphatic rings. The van der Waals surface area contributed by atoms with Gasteiger partial charge in [0.25, 0.3) is 0 Å². The Morgan fingerprint density at radius 2 is 1.88 bits per heavy atom. The van der Waals surface area contributed by atoms with Crippen molar-refractivity contribution >= 4 is 24.3 Å². The monoisotopic (exact) mass is 365 g/mol. The molecule has 1 amide bonds. The molecule has 10 heteroatoms. The van der Waals surface area contributed by atoms with Crippen LogP contribution in [0.4, 0.5) is 19.1 Å². The van der Waals surface area contributed by atoms with Gasteiger partial charge in [-0.05, 0) is 6.92 Å². The Balaban J connectivity index is 0.00000208. The second kappa shape index (κ2) is 7.10. The molecule has 0 unspecified atom stereocenters. The topological polar surface area (TPSA) is 61.4 Å². The molecule has 3 rings (SSSR count). The van der Waals surface area contributed by atoms with Crippen LogP contribution in [0.1, 0.15) is 12.5 Å². The number of alkyl halides is 3.